The van der Waals surface area contributed by atoms with Gasteiger partial charge in [0.25, 0.3) is 5.56 Å². The number of hydrogen-bond acceptors (Lipinski definition) is 8. The molecule has 0 spiro atoms. The van der Waals surface area contributed by atoms with Gasteiger partial charge in [-0.15, -0.1) is 0 Å². The number of ether oxygens (including phenoxy) is 1. The number of H-pyrrole nitrogens is 4. The van der Waals surface area contributed by atoms with E-state index in [0.717, 1.165) is 60.7 Å². The van der Waals surface area contributed by atoms with Crippen molar-refractivity contribution in [1.29, 1.82) is 5.26 Å². The lowest BCUT2D eigenvalue weighted by molar-refractivity contribution is 0.186. The predicted molar refractivity (Wildman–Crippen MR) is 235 cm³/mol. The summed E-state index contributed by atoms with van der Waals surface area (Å²) in [6.45, 7) is 0.237. The molecular formula is C46H29Cl2N9O3. The summed E-state index contributed by atoms with van der Waals surface area (Å²) in [5, 5.41) is 28.4. The van der Waals surface area contributed by atoms with Crippen LogP contribution in [0, 0.1) is 11.3 Å². The maximum atomic E-state index is 13.0. The minimum Gasteiger partial charge on any atom is -0.380 e. The van der Waals surface area contributed by atoms with Gasteiger partial charge in [0.15, 0.2) is 0 Å². The zero-order chi connectivity index (χ0) is 41.1. The predicted octanol–water partition coefficient (Wildman–Crippen LogP) is 9.77. The van der Waals surface area contributed by atoms with Crippen LogP contribution in [0.25, 0.3) is 99.9 Å². The second kappa shape index (κ2) is 14.7. The molecular weight excluding hydrogens is 797 g/mol. The number of methoxy groups -OCH3 is 1. The van der Waals surface area contributed by atoms with Gasteiger partial charge < -0.3 is 14.7 Å². The number of nitriles is 1. The van der Waals surface area contributed by atoms with E-state index in [9.17, 15) is 14.9 Å². The van der Waals surface area contributed by atoms with Crippen molar-refractivity contribution in [2.45, 2.75) is 13.0 Å². The van der Waals surface area contributed by atoms with Gasteiger partial charge in [0, 0.05) is 68.1 Å². The lowest BCUT2D eigenvalue weighted by Gasteiger charge is -2.18. The molecule has 0 aliphatic heterocycles. The molecule has 4 N–H and O–H groups in total. The van der Waals surface area contributed by atoms with Crippen molar-refractivity contribution in [3.05, 3.63) is 151 Å². The second-order valence-corrected chi connectivity index (χ2v) is 15.1. The van der Waals surface area contributed by atoms with Gasteiger partial charge in [0.05, 0.1) is 63.5 Å². The number of benzene rings is 4. The second-order valence-electron chi connectivity index (χ2n) is 14.3. The van der Waals surface area contributed by atoms with Crippen LogP contribution in [-0.2, 0) is 17.8 Å². The highest BCUT2D eigenvalue weighted by Gasteiger charge is 2.23. The normalized spacial score (nSPS) is 11.6. The molecule has 0 aliphatic rings. The Morgan fingerprint density at radius 1 is 0.683 bits per heavy atom. The molecule has 0 radical (unpaired) electrons. The number of halogens is 2. The molecule has 290 valence electrons. The molecule has 60 heavy (non-hydrogen) atoms. The first-order valence-corrected chi connectivity index (χ1v) is 19.5. The zero-order valence-corrected chi connectivity index (χ0v) is 33.0. The van der Waals surface area contributed by atoms with Crippen LogP contribution in [0.5, 0.6) is 0 Å². The van der Waals surface area contributed by atoms with Crippen molar-refractivity contribution < 1.29 is 4.74 Å². The van der Waals surface area contributed by atoms with Gasteiger partial charge in [0.2, 0.25) is 5.56 Å². The molecule has 6 heterocycles. The van der Waals surface area contributed by atoms with Crippen LogP contribution < -0.4 is 11.1 Å². The number of rotatable bonds is 8. The van der Waals surface area contributed by atoms with Crippen LogP contribution in [0.15, 0.2) is 119 Å². The van der Waals surface area contributed by atoms with Crippen molar-refractivity contribution in [3.63, 3.8) is 0 Å². The number of fused-ring (bicyclic) bond motifs is 4. The van der Waals surface area contributed by atoms with E-state index < -0.39 is 0 Å². The SMILES string of the molecule is COCc1c(-c2cc(Cl)c3[nH]nc(-c4cccc(-c5nc6[nH]c(=O)c(CC#N)cc6cc5-c5cc(Cl)c6[nH]ncc6c5)c4)c3c2)c(-c2ccccc2)nc2[nH]c(=O)ccc12. The fourth-order valence-corrected chi connectivity index (χ4v) is 8.44. The highest BCUT2D eigenvalue weighted by molar-refractivity contribution is 6.36. The molecule has 10 rings (SSSR count). The topological polar surface area (TPSA) is 182 Å². The van der Waals surface area contributed by atoms with E-state index in [4.69, 9.17) is 43.0 Å². The van der Waals surface area contributed by atoms with Gasteiger partial charge in [0.1, 0.15) is 11.3 Å². The summed E-state index contributed by atoms with van der Waals surface area (Å²) in [5.41, 5.74) is 10.1. The summed E-state index contributed by atoms with van der Waals surface area (Å²) in [6, 6.07) is 34.3. The molecule has 0 fully saturated rings. The quantitative estimate of drug-likeness (QED) is 0.117. The number of aromatic nitrogens is 8. The summed E-state index contributed by atoms with van der Waals surface area (Å²) in [4.78, 5) is 41.3. The summed E-state index contributed by atoms with van der Waals surface area (Å²) >= 11 is 13.9. The van der Waals surface area contributed by atoms with Gasteiger partial charge in [-0.05, 0) is 65.2 Å². The molecule has 10 aromatic rings. The molecule has 6 aromatic heterocycles. The molecule has 12 nitrogen and oxygen atoms in total. The first kappa shape index (κ1) is 36.9. The zero-order valence-electron chi connectivity index (χ0n) is 31.5. The Bertz CT molecular complexity index is 3530. The van der Waals surface area contributed by atoms with Gasteiger partial charge in [-0.3, -0.25) is 19.8 Å². The van der Waals surface area contributed by atoms with Crippen molar-refractivity contribution in [2.24, 2.45) is 0 Å². The molecule has 0 amide bonds. The van der Waals surface area contributed by atoms with Crippen molar-refractivity contribution >= 4 is 67.1 Å². The summed E-state index contributed by atoms with van der Waals surface area (Å²) < 4.78 is 5.76. The van der Waals surface area contributed by atoms with E-state index >= 15 is 0 Å². The third-order valence-electron chi connectivity index (χ3n) is 10.6. The summed E-state index contributed by atoms with van der Waals surface area (Å²) in [6.07, 6.45) is 1.67. The van der Waals surface area contributed by atoms with E-state index in [0.29, 0.717) is 60.4 Å². The number of hydrogen-bond donors (Lipinski definition) is 4. The van der Waals surface area contributed by atoms with Crippen LogP contribution in [0.1, 0.15) is 11.1 Å². The number of nitrogens with zero attached hydrogens (tertiary/aromatic N) is 5. The fraction of sp³-hybridized carbons (Fsp3) is 0.0652. The lowest BCUT2D eigenvalue weighted by atomic mass is 9.91. The largest absolute Gasteiger partial charge is 0.380 e. The van der Waals surface area contributed by atoms with Crippen molar-refractivity contribution in [3.8, 4) is 62.1 Å². The van der Waals surface area contributed by atoms with Crippen molar-refractivity contribution in [1.82, 2.24) is 40.3 Å². The summed E-state index contributed by atoms with van der Waals surface area (Å²) in [7, 11) is 1.63. The molecule has 4 aromatic carbocycles. The highest BCUT2D eigenvalue weighted by atomic mass is 35.5. The number of pyridine rings is 4. The van der Waals surface area contributed by atoms with Gasteiger partial charge >= 0.3 is 0 Å². The smallest absolute Gasteiger partial charge is 0.253 e. The van der Waals surface area contributed by atoms with Crippen LogP contribution in [-0.4, -0.2) is 47.4 Å². The fourth-order valence-electron chi connectivity index (χ4n) is 7.91. The number of aromatic amines is 4. The Morgan fingerprint density at radius 3 is 2.27 bits per heavy atom. The van der Waals surface area contributed by atoms with Gasteiger partial charge in [-0.25, -0.2) is 9.97 Å². The van der Waals surface area contributed by atoms with Gasteiger partial charge in [-0.1, -0.05) is 71.7 Å². The van der Waals surface area contributed by atoms with E-state index in [1.165, 1.54) is 6.07 Å². The molecule has 0 saturated heterocycles. The highest BCUT2D eigenvalue weighted by Crippen LogP contribution is 2.43. The molecule has 0 bridgehead atoms. The third-order valence-corrected chi connectivity index (χ3v) is 11.2. The average Bonchev–Trinajstić information content (AvgIpc) is 3.92. The Morgan fingerprint density at radius 2 is 1.45 bits per heavy atom. The van der Waals surface area contributed by atoms with Crippen LogP contribution in [0.2, 0.25) is 10.0 Å². The van der Waals surface area contributed by atoms with Crippen molar-refractivity contribution in [2.75, 3.05) is 7.11 Å². The first-order valence-electron chi connectivity index (χ1n) is 18.7. The molecule has 0 saturated carbocycles. The Hall–Kier alpha value is -7.43. The maximum Gasteiger partial charge on any atom is 0.253 e. The number of nitrogens with one attached hydrogen (secondary N) is 4. The van der Waals surface area contributed by atoms with E-state index in [1.54, 1.807) is 25.4 Å². The lowest BCUT2D eigenvalue weighted by Crippen LogP contribution is -2.12. The maximum absolute atomic E-state index is 13.0. The monoisotopic (exact) mass is 825 g/mol. The van der Waals surface area contributed by atoms with Gasteiger partial charge in [-0.2, -0.15) is 15.5 Å². The molecule has 0 unspecified atom stereocenters. The Balaban J connectivity index is 1.18. The minimum atomic E-state index is -0.374. The Labute approximate surface area is 349 Å². The van der Waals surface area contributed by atoms with E-state index in [2.05, 4.69) is 31.3 Å². The van der Waals surface area contributed by atoms with E-state index in [-0.39, 0.29) is 24.1 Å². The standard InChI is InChI=1S/C46H29Cl2N9O3/c1-60-22-34-31-10-11-37(58)51-45(31)53-42(23-6-3-2-4-7-23)38(34)28-17-33-40(56-57-43(33)36(48)20-28)25-9-5-8-24(14-25)39-32(27-16-30-21-50-55-41(30)35(47)19-27)18-29-15-26(12-13-49)46(59)54-44(29)52-39/h2-11,14-21H,12,22H2,1H3,(H,50,55)(H,56,57)(H,51,53,58)(H,52,54,59). The Kier molecular flexibility index (Phi) is 9.06. The molecule has 14 heteroatoms. The molecule has 0 atom stereocenters. The minimum absolute atomic E-state index is 0.0416. The first-order chi connectivity index (χ1) is 29.3. The summed E-state index contributed by atoms with van der Waals surface area (Å²) in [5.74, 6) is 0. The molecule has 0 aliphatic carbocycles. The van der Waals surface area contributed by atoms with Crippen LogP contribution >= 0.6 is 23.2 Å². The van der Waals surface area contributed by atoms with E-state index in [1.807, 2.05) is 84.9 Å². The van der Waals surface area contributed by atoms with Crippen LogP contribution in [0.3, 0.4) is 0 Å². The van der Waals surface area contributed by atoms with Crippen LogP contribution in [0.4, 0.5) is 0 Å². The third kappa shape index (κ3) is 6.29. The average molecular weight is 827 g/mol.